The van der Waals surface area contributed by atoms with E-state index < -0.39 is 0 Å². The lowest BCUT2D eigenvalue weighted by molar-refractivity contribution is 0.189. The van der Waals surface area contributed by atoms with Crippen LogP contribution in [0.25, 0.3) is 0 Å². The first-order chi connectivity index (χ1) is 10.3. The number of amides is 2. The third-order valence-electron chi connectivity index (χ3n) is 4.35. The molecule has 4 nitrogen and oxygen atoms in total. The van der Waals surface area contributed by atoms with E-state index in [-0.39, 0.29) is 6.03 Å². The molecule has 0 radical (unpaired) electrons. The fraction of sp³-hybridized carbons (Fsp3) is 0.588. The largest absolute Gasteiger partial charge is 0.334 e. The maximum absolute atomic E-state index is 12.5. The fourth-order valence-electron chi connectivity index (χ4n) is 2.92. The lowest BCUT2D eigenvalue weighted by Crippen LogP contribution is -2.46. The molecule has 4 heteroatoms. The van der Waals surface area contributed by atoms with Gasteiger partial charge in [0.05, 0.1) is 0 Å². The van der Waals surface area contributed by atoms with Crippen molar-refractivity contribution < 1.29 is 4.79 Å². The average molecular weight is 287 g/mol. The third-order valence-corrected chi connectivity index (χ3v) is 4.35. The molecule has 0 bridgehead atoms. The van der Waals surface area contributed by atoms with E-state index in [1.54, 1.807) is 0 Å². The molecule has 1 saturated carbocycles. The maximum Gasteiger partial charge on any atom is 0.317 e. The van der Waals surface area contributed by atoms with Crippen molar-refractivity contribution in [2.24, 2.45) is 5.92 Å². The number of nitrogens with one attached hydrogen (secondary N) is 2. The number of hydrogen-bond acceptors (Lipinski definition) is 2. The number of urea groups is 1. The van der Waals surface area contributed by atoms with E-state index in [2.05, 4.69) is 10.6 Å². The molecule has 2 N–H and O–H groups in total. The summed E-state index contributed by atoms with van der Waals surface area (Å²) in [4.78, 5) is 14.5. The molecule has 1 heterocycles. The Labute approximate surface area is 126 Å². The van der Waals surface area contributed by atoms with E-state index in [0.29, 0.717) is 12.6 Å². The smallest absolute Gasteiger partial charge is 0.317 e. The van der Waals surface area contributed by atoms with Crippen LogP contribution < -0.4 is 10.6 Å². The molecule has 0 spiro atoms. The number of carbonyl (C=O) groups is 1. The van der Waals surface area contributed by atoms with Crippen LogP contribution in [0.1, 0.15) is 31.2 Å². The minimum absolute atomic E-state index is 0.0828. The molecule has 1 aromatic carbocycles. The van der Waals surface area contributed by atoms with Gasteiger partial charge in [0.15, 0.2) is 0 Å². The van der Waals surface area contributed by atoms with Gasteiger partial charge in [-0.15, -0.1) is 0 Å². The van der Waals surface area contributed by atoms with Gasteiger partial charge in [0.25, 0.3) is 0 Å². The zero-order valence-corrected chi connectivity index (χ0v) is 12.6. The number of rotatable bonds is 6. The Kier molecular flexibility index (Phi) is 4.76. The lowest BCUT2D eigenvalue weighted by atomic mass is 10.2. The SMILES string of the molecule is O=C(NCc1ccccc1)N(CC1CC1)CC1CCCN1. The van der Waals surface area contributed by atoms with Crippen molar-refractivity contribution in [3.63, 3.8) is 0 Å². The quantitative estimate of drug-likeness (QED) is 0.843. The van der Waals surface area contributed by atoms with Crippen LogP contribution in [0.2, 0.25) is 0 Å². The third kappa shape index (κ3) is 4.46. The van der Waals surface area contributed by atoms with E-state index in [1.165, 1.54) is 25.7 Å². The number of hydrogen-bond donors (Lipinski definition) is 2. The summed E-state index contributed by atoms with van der Waals surface area (Å²) < 4.78 is 0. The average Bonchev–Trinajstić information content (AvgIpc) is 3.18. The van der Waals surface area contributed by atoms with Gasteiger partial charge in [-0.1, -0.05) is 30.3 Å². The lowest BCUT2D eigenvalue weighted by Gasteiger charge is -2.26. The molecule has 0 aromatic heterocycles. The van der Waals surface area contributed by atoms with Crippen LogP contribution in [-0.4, -0.2) is 36.6 Å². The van der Waals surface area contributed by atoms with Gasteiger partial charge in [0.2, 0.25) is 0 Å². The Morgan fingerprint density at radius 1 is 1.19 bits per heavy atom. The summed E-state index contributed by atoms with van der Waals surface area (Å²) in [6, 6.07) is 10.7. The number of benzene rings is 1. The second-order valence-electron chi connectivity index (χ2n) is 6.29. The summed E-state index contributed by atoms with van der Waals surface area (Å²) in [6.07, 6.45) is 4.97. The molecular formula is C17H25N3O. The monoisotopic (exact) mass is 287 g/mol. The van der Waals surface area contributed by atoms with Crippen LogP contribution in [0, 0.1) is 5.92 Å². The molecule has 1 atom stereocenters. The van der Waals surface area contributed by atoms with Gasteiger partial charge in [-0.2, -0.15) is 0 Å². The molecule has 1 saturated heterocycles. The molecule has 1 unspecified atom stereocenters. The standard InChI is InChI=1S/C17H25N3O/c21-17(19-11-14-5-2-1-3-6-14)20(12-15-8-9-15)13-16-7-4-10-18-16/h1-3,5-6,15-16,18H,4,7-13H2,(H,19,21). The van der Waals surface area contributed by atoms with Crippen LogP contribution in [0.15, 0.2) is 30.3 Å². The zero-order chi connectivity index (χ0) is 14.5. The van der Waals surface area contributed by atoms with E-state index in [9.17, 15) is 4.79 Å². The highest BCUT2D eigenvalue weighted by atomic mass is 16.2. The molecule has 1 aromatic rings. The van der Waals surface area contributed by atoms with E-state index in [1.807, 2.05) is 35.2 Å². The zero-order valence-electron chi connectivity index (χ0n) is 12.6. The molecule has 2 aliphatic rings. The summed E-state index contributed by atoms with van der Waals surface area (Å²) in [5.41, 5.74) is 1.15. The predicted octanol–water partition coefficient (Wildman–Crippen LogP) is 2.36. The van der Waals surface area contributed by atoms with Crippen molar-refractivity contribution in [2.45, 2.75) is 38.3 Å². The Hall–Kier alpha value is -1.55. The number of carbonyl (C=O) groups excluding carboxylic acids is 1. The van der Waals surface area contributed by atoms with E-state index >= 15 is 0 Å². The highest BCUT2D eigenvalue weighted by molar-refractivity contribution is 5.74. The van der Waals surface area contributed by atoms with Crippen molar-refractivity contribution in [2.75, 3.05) is 19.6 Å². The second kappa shape index (κ2) is 6.94. The van der Waals surface area contributed by atoms with Crippen molar-refractivity contribution in [1.29, 1.82) is 0 Å². The number of nitrogens with zero attached hydrogens (tertiary/aromatic N) is 1. The molecule has 1 aliphatic carbocycles. The van der Waals surface area contributed by atoms with Crippen LogP contribution in [0.4, 0.5) is 4.79 Å². The van der Waals surface area contributed by atoms with Crippen LogP contribution >= 0.6 is 0 Å². The van der Waals surface area contributed by atoms with Crippen molar-refractivity contribution in [1.82, 2.24) is 15.5 Å². The Morgan fingerprint density at radius 3 is 2.67 bits per heavy atom. The van der Waals surface area contributed by atoms with E-state index in [0.717, 1.165) is 31.1 Å². The van der Waals surface area contributed by atoms with Gasteiger partial charge in [-0.25, -0.2) is 4.79 Å². The van der Waals surface area contributed by atoms with Crippen LogP contribution in [-0.2, 0) is 6.54 Å². The van der Waals surface area contributed by atoms with Gasteiger partial charge in [0, 0.05) is 25.7 Å². The summed E-state index contributed by atoms with van der Waals surface area (Å²) >= 11 is 0. The minimum atomic E-state index is 0.0828. The Balaban J connectivity index is 1.52. The molecule has 21 heavy (non-hydrogen) atoms. The van der Waals surface area contributed by atoms with Crippen molar-refractivity contribution >= 4 is 6.03 Å². The first kappa shape index (κ1) is 14.4. The van der Waals surface area contributed by atoms with Gasteiger partial charge < -0.3 is 15.5 Å². The highest BCUT2D eigenvalue weighted by Crippen LogP contribution is 2.30. The Morgan fingerprint density at radius 2 is 2.00 bits per heavy atom. The second-order valence-corrected chi connectivity index (χ2v) is 6.29. The normalized spacial score (nSPS) is 21.2. The van der Waals surface area contributed by atoms with Crippen LogP contribution in [0.3, 0.4) is 0 Å². The molecular weight excluding hydrogens is 262 g/mol. The maximum atomic E-state index is 12.5. The molecule has 2 fully saturated rings. The first-order valence-electron chi connectivity index (χ1n) is 8.11. The van der Waals surface area contributed by atoms with Gasteiger partial charge >= 0.3 is 6.03 Å². The first-order valence-corrected chi connectivity index (χ1v) is 8.11. The van der Waals surface area contributed by atoms with Gasteiger partial charge in [-0.05, 0) is 43.7 Å². The summed E-state index contributed by atoms with van der Waals surface area (Å²) in [6.45, 7) is 3.46. The molecule has 3 rings (SSSR count). The van der Waals surface area contributed by atoms with Gasteiger partial charge in [0.1, 0.15) is 0 Å². The summed E-state index contributed by atoms with van der Waals surface area (Å²) in [5.74, 6) is 0.730. The molecule has 1 aliphatic heterocycles. The van der Waals surface area contributed by atoms with Crippen molar-refractivity contribution in [3.8, 4) is 0 Å². The highest BCUT2D eigenvalue weighted by Gasteiger charge is 2.28. The molecule has 114 valence electrons. The Bertz CT molecular complexity index is 452. The molecule has 2 amide bonds. The predicted molar refractivity (Wildman–Crippen MR) is 84.0 cm³/mol. The van der Waals surface area contributed by atoms with Crippen LogP contribution in [0.5, 0.6) is 0 Å². The van der Waals surface area contributed by atoms with Gasteiger partial charge in [-0.3, -0.25) is 0 Å². The topological polar surface area (TPSA) is 44.4 Å². The fourth-order valence-corrected chi connectivity index (χ4v) is 2.92. The van der Waals surface area contributed by atoms with Crippen molar-refractivity contribution in [3.05, 3.63) is 35.9 Å². The summed E-state index contributed by atoms with van der Waals surface area (Å²) in [5, 5.41) is 6.55. The van der Waals surface area contributed by atoms with E-state index in [4.69, 9.17) is 0 Å². The summed E-state index contributed by atoms with van der Waals surface area (Å²) in [7, 11) is 0. The minimum Gasteiger partial charge on any atom is -0.334 e.